The van der Waals surface area contributed by atoms with E-state index < -0.39 is 0 Å². The van der Waals surface area contributed by atoms with Crippen LogP contribution in [0.25, 0.3) is 0 Å². The number of thiophene rings is 1. The zero-order chi connectivity index (χ0) is 14.6. The van der Waals surface area contributed by atoms with Crippen molar-refractivity contribution in [3.05, 3.63) is 20.8 Å². The number of nitrogens with zero attached hydrogens (tertiary/aromatic N) is 1. The molecule has 20 heavy (non-hydrogen) atoms. The van der Waals surface area contributed by atoms with Gasteiger partial charge in [-0.3, -0.25) is 4.79 Å². The second kappa shape index (κ2) is 7.05. The third kappa shape index (κ3) is 3.62. The van der Waals surface area contributed by atoms with Crippen LogP contribution in [0.15, 0.2) is 15.2 Å². The van der Waals surface area contributed by atoms with Gasteiger partial charge in [-0.25, -0.2) is 0 Å². The van der Waals surface area contributed by atoms with Gasteiger partial charge < -0.3 is 10.2 Å². The minimum atomic E-state index is -0.186. The lowest BCUT2D eigenvalue weighted by atomic mass is 9.75. The van der Waals surface area contributed by atoms with Crippen LogP contribution in [0, 0.1) is 5.41 Å². The van der Waals surface area contributed by atoms with Crippen molar-refractivity contribution in [1.82, 2.24) is 10.2 Å². The Morgan fingerprint density at radius 3 is 2.95 bits per heavy atom. The summed E-state index contributed by atoms with van der Waals surface area (Å²) in [6, 6.07) is 2.10. The first-order valence-corrected chi connectivity index (χ1v) is 8.94. The molecule has 0 spiro atoms. The number of amides is 1. The minimum absolute atomic E-state index is 0.186. The largest absolute Gasteiger partial charge is 0.341 e. The van der Waals surface area contributed by atoms with E-state index in [0.29, 0.717) is 12.5 Å². The lowest BCUT2D eigenvalue weighted by Crippen LogP contribution is -2.50. The lowest BCUT2D eigenvalue weighted by Gasteiger charge is -2.39. The lowest BCUT2D eigenvalue weighted by molar-refractivity contribution is -0.143. The van der Waals surface area contributed by atoms with Crippen molar-refractivity contribution in [3.63, 3.8) is 0 Å². The van der Waals surface area contributed by atoms with Gasteiger partial charge in [0.05, 0.1) is 9.20 Å². The van der Waals surface area contributed by atoms with Gasteiger partial charge in [0, 0.05) is 20.1 Å². The third-order valence-electron chi connectivity index (χ3n) is 4.04. The van der Waals surface area contributed by atoms with Crippen LogP contribution >= 0.6 is 27.3 Å². The highest BCUT2D eigenvalue weighted by Gasteiger charge is 2.40. The first-order chi connectivity index (χ1) is 9.57. The Morgan fingerprint density at radius 1 is 1.60 bits per heavy atom. The molecule has 0 bridgehead atoms. The molecular formula is C15H23BrN2OS. The van der Waals surface area contributed by atoms with Gasteiger partial charge in [0.15, 0.2) is 0 Å². The smallest absolute Gasteiger partial charge is 0.230 e. The molecule has 1 unspecified atom stereocenters. The van der Waals surface area contributed by atoms with E-state index in [-0.39, 0.29) is 5.41 Å². The number of hydrogen-bond donors (Lipinski definition) is 1. The first-order valence-electron chi connectivity index (χ1n) is 7.26. The Labute approximate surface area is 133 Å². The number of nitrogens with one attached hydrogen (secondary N) is 1. The van der Waals surface area contributed by atoms with Gasteiger partial charge in [0.2, 0.25) is 5.91 Å². The number of halogens is 1. The Hall–Kier alpha value is -0.390. The highest BCUT2D eigenvalue weighted by Crippen LogP contribution is 2.34. The van der Waals surface area contributed by atoms with Crippen molar-refractivity contribution in [2.75, 3.05) is 20.1 Å². The Bertz CT molecular complexity index is 449. The molecule has 1 fully saturated rings. The van der Waals surface area contributed by atoms with Crippen LogP contribution in [0.4, 0.5) is 0 Å². The van der Waals surface area contributed by atoms with Gasteiger partial charge in [0.25, 0.3) is 0 Å². The van der Waals surface area contributed by atoms with Crippen molar-refractivity contribution >= 4 is 33.2 Å². The molecule has 112 valence electrons. The summed E-state index contributed by atoms with van der Waals surface area (Å²) in [5.41, 5.74) is 1.02. The van der Waals surface area contributed by atoms with E-state index in [4.69, 9.17) is 0 Å². The standard InChI is InChI=1S/C15H23BrN2OS/c1-3-5-15(6-4-7-17-11-15)14(19)18(2)9-12-8-13(16)20-10-12/h8,10,17H,3-7,9,11H2,1-2H3. The first kappa shape index (κ1) is 16.0. The van der Waals surface area contributed by atoms with Crippen LogP contribution < -0.4 is 5.32 Å². The number of carbonyl (C=O) groups excluding carboxylic acids is 1. The SMILES string of the molecule is CCCC1(C(=O)N(C)Cc2csc(Br)c2)CCCNC1. The van der Waals surface area contributed by atoms with Crippen LogP contribution in [0.5, 0.6) is 0 Å². The average molecular weight is 359 g/mol. The van der Waals surface area contributed by atoms with Crippen LogP contribution in [0.1, 0.15) is 38.2 Å². The van der Waals surface area contributed by atoms with E-state index in [1.165, 1.54) is 5.56 Å². The summed E-state index contributed by atoms with van der Waals surface area (Å²) in [5, 5.41) is 5.52. The Kier molecular flexibility index (Phi) is 5.64. The second-order valence-electron chi connectivity index (χ2n) is 5.73. The van der Waals surface area contributed by atoms with E-state index in [1.54, 1.807) is 11.3 Å². The molecule has 1 saturated heterocycles. The van der Waals surface area contributed by atoms with Gasteiger partial charge in [0.1, 0.15) is 0 Å². The second-order valence-corrected chi connectivity index (χ2v) is 8.02. The molecule has 1 atom stereocenters. The maximum Gasteiger partial charge on any atom is 0.230 e. The van der Waals surface area contributed by atoms with Crippen molar-refractivity contribution in [3.8, 4) is 0 Å². The normalized spacial score (nSPS) is 22.8. The predicted octanol–water partition coefficient (Wildman–Crippen LogP) is 3.64. The molecule has 0 radical (unpaired) electrons. The summed E-state index contributed by atoms with van der Waals surface area (Å²) in [5.74, 6) is 0.300. The molecule has 3 nitrogen and oxygen atoms in total. The zero-order valence-corrected chi connectivity index (χ0v) is 14.6. The fourth-order valence-corrected chi connectivity index (χ4v) is 4.33. The monoisotopic (exact) mass is 358 g/mol. The quantitative estimate of drug-likeness (QED) is 0.871. The third-order valence-corrected chi connectivity index (χ3v) is 5.60. The molecule has 1 aromatic heterocycles. The highest BCUT2D eigenvalue weighted by molar-refractivity contribution is 9.11. The molecular weight excluding hydrogens is 336 g/mol. The number of carbonyl (C=O) groups is 1. The van der Waals surface area contributed by atoms with Crippen molar-refractivity contribution in [2.45, 2.75) is 39.2 Å². The number of piperidine rings is 1. The highest BCUT2D eigenvalue weighted by atomic mass is 79.9. The van der Waals surface area contributed by atoms with Crippen LogP contribution in [0.3, 0.4) is 0 Å². The molecule has 0 aliphatic carbocycles. The fourth-order valence-electron chi connectivity index (χ4n) is 3.13. The minimum Gasteiger partial charge on any atom is -0.341 e. The summed E-state index contributed by atoms with van der Waals surface area (Å²) in [6.07, 6.45) is 4.16. The van der Waals surface area contributed by atoms with E-state index in [9.17, 15) is 4.79 Å². The van der Waals surface area contributed by atoms with E-state index in [0.717, 1.165) is 42.6 Å². The number of rotatable bonds is 5. The van der Waals surface area contributed by atoms with E-state index in [2.05, 4.69) is 39.6 Å². The van der Waals surface area contributed by atoms with Crippen LogP contribution in [-0.2, 0) is 11.3 Å². The van der Waals surface area contributed by atoms with Gasteiger partial charge in [-0.1, -0.05) is 13.3 Å². The van der Waals surface area contributed by atoms with E-state index >= 15 is 0 Å². The fraction of sp³-hybridized carbons (Fsp3) is 0.667. The summed E-state index contributed by atoms with van der Waals surface area (Å²) in [7, 11) is 1.93. The van der Waals surface area contributed by atoms with Gasteiger partial charge in [-0.2, -0.15) is 0 Å². The molecule has 0 aromatic carbocycles. The van der Waals surface area contributed by atoms with Crippen LogP contribution in [0.2, 0.25) is 0 Å². The van der Waals surface area contributed by atoms with Crippen LogP contribution in [-0.4, -0.2) is 30.9 Å². The molecule has 2 heterocycles. The summed E-state index contributed by atoms with van der Waals surface area (Å²) >= 11 is 5.15. The maximum absolute atomic E-state index is 12.9. The average Bonchev–Trinajstić information content (AvgIpc) is 2.84. The summed E-state index contributed by atoms with van der Waals surface area (Å²) in [4.78, 5) is 14.8. The molecule has 1 N–H and O–H groups in total. The Balaban J connectivity index is 2.06. The molecule has 2 rings (SSSR count). The van der Waals surface area contributed by atoms with Crippen molar-refractivity contribution < 1.29 is 4.79 Å². The van der Waals surface area contributed by atoms with E-state index in [1.807, 2.05) is 11.9 Å². The van der Waals surface area contributed by atoms with Crippen molar-refractivity contribution in [2.24, 2.45) is 5.41 Å². The van der Waals surface area contributed by atoms with Gasteiger partial charge in [-0.15, -0.1) is 11.3 Å². The Morgan fingerprint density at radius 2 is 2.40 bits per heavy atom. The zero-order valence-electron chi connectivity index (χ0n) is 12.2. The molecule has 1 aliphatic rings. The number of hydrogen-bond acceptors (Lipinski definition) is 3. The maximum atomic E-state index is 12.9. The summed E-state index contributed by atoms with van der Waals surface area (Å²) in [6.45, 7) is 4.74. The molecule has 1 aromatic rings. The van der Waals surface area contributed by atoms with Gasteiger partial charge in [-0.05, 0) is 58.7 Å². The molecule has 5 heteroatoms. The molecule has 0 saturated carbocycles. The van der Waals surface area contributed by atoms with Gasteiger partial charge >= 0.3 is 0 Å². The molecule has 1 amide bonds. The predicted molar refractivity (Wildman–Crippen MR) is 87.9 cm³/mol. The molecule has 1 aliphatic heterocycles. The summed E-state index contributed by atoms with van der Waals surface area (Å²) < 4.78 is 1.12. The topological polar surface area (TPSA) is 32.3 Å². The van der Waals surface area contributed by atoms with Crippen molar-refractivity contribution in [1.29, 1.82) is 0 Å².